The molecule has 2 heteroatoms. The fraction of sp³-hybridized carbons (Fsp3) is 0.875. The zero-order valence-corrected chi connectivity index (χ0v) is 12.4. The maximum atomic E-state index is 3.84. The number of hydrogen-bond acceptors (Lipinski definition) is 2. The molecule has 0 amide bonds. The van der Waals surface area contributed by atoms with E-state index in [-0.39, 0.29) is 0 Å². The average molecular weight is 250 g/mol. The number of nitrogens with zero attached hydrogens (tertiary/aromatic N) is 1. The zero-order chi connectivity index (χ0) is 13.0. The van der Waals surface area contributed by atoms with E-state index in [1.807, 2.05) is 0 Å². The number of rotatable bonds is 4. The Morgan fingerprint density at radius 3 is 2.72 bits per heavy atom. The van der Waals surface area contributed by atoms with Crippen molar-refractivity contribution in [1.82, 2.24) is 10.2 Å². The largest absolute Gasteiger partial charge is 0.311 e. The topological polar surface area (TPSA) is 15.3 Å². The fourth-order valence-electron chi connectivity index (χ4n) is 3.62. The van der Waals surface area contributed by atoms with Crippen LogP contribution in [0.5, 0.6) is 0 Å². The predicted molar refractivity (Wildman–Crippen MR) is 78.8 cm³/mol. The highest BCUT2D eigenvalue weighted by Crippen LogP contribution is 2.37. The van der Waals surface area contributed by atoms with E-state index < -0.39 is 0 Å². The molecule has 0 bridgehead atoms. The van der Waals surface area contributed by atoms with Crippen molar-refractivity contribution < 1.29 is 0 Å². The average Bonchev–Trinajstić information content (AvgIpc) is 2.86. The van der Waals surface area contributed by atoms with Gasteiger partial charge < -0.3 is 5.32 Å². The summed E-state index contributed by atoms with van der Waals surface area (Å²) in [4.78, 5) is 2.77. The van der Waals surface area contributed by atoms with Gasteiger partial charge >= 0.3 is 0 Å². The van der Waals surface area contributed by atoms with Gasteiger partial charge in [0.05, 0.1) is 0 Å². The molecule has 1 aliphatic carbocycles. The van der Waals surface area contributed by atoms with Crippen LogP contribution in [-0.2, 0) is 0 Å². The maximum absolute atomic E-state index is 3.84. The summed E-state index contributed by atoms with van der Waals surface area (Å²) >= 11 is 0. The van der Waals surface area contributed by atoms with E-state index >= 15 is 0 Å². The summed E-state index contributed by atoms with van der Waals surface area (Å²) in [6.07, 6.45) is 11.4. The van der Waals surface area contributed by atoms with E-state index in [2.05, 4.69) is 43.1 Å². The lowest BCUT2D eigenvalue weighted by atomic mass is 9.87. The van der Waals surface area contributed by atoms with Crippen molar-refractivity contribution in [3.63, 3.8) is 0 Å². The van der Waals surface area contributed by atoms with E-state index in [9.17, 15) is 0 Å². The standard InChI is InChI=1S/C16H30N2/c1-4-6-11-18-12-15(14(3)5-2)17-13-16(18)9-7-8-10-16/h4,6,14-15,17H,5,7-13H2,1-3H3/b6-4+. The fourth-order valence-corrected chi connectivity index (χ4v) is 3.62. The van der Waals surface area contributed by atoms with Gasteiger partial charge in [-0.25, -0.2) is 0 Å². The lowest BCUT2D eigenvalue weighted by molar-refractivity contribution is 0.0411. The molecule has 2 unspecified atom stereocenters. The highest BCUT2D eigenvalue weighted by atomic mass is 15.3. The molecular formula is C16H30N2. The lowest BCUT2D eigenvalue weighted by Crippen LogP contribution is -2.64. The second kappa shape index (κ2) is 6.21. The molecule has 104 valence electrons. The molecule has 2 nitrogen and oxygen atoms in total. The third-order valence-corrected chi connectivity index (χ3v) is 5.21. The minimum Gasteiger partial charge on any atom is -0.311 e. The summed E-state index contributed by atoms with van der Waals surface area (Å²) in [5, 5.41) is 3.84. The molecule has 0 aromatic heterocycles. The molecule has 1 N–H and O–H groups in total. The van der Waals surface area contributed by atoms with Gasteiger partial charge in [-0.2, -0.15) is 0 Å². The Labute approximate surface area is 113 Å². The summed E-state index contributed by atoms with van der Waals surface area (Å²) in [7, 11) is 0. The molecule has 0 aromatic carbocycles. The lowest BCUT2D eigenvalue weighted by Gasteiger charge is -2.49. The third kappa shape index (κ3) is 2.80. The van der Waals surface area contributed by atoms with Gasteiger partial charge in [0, 0.05) is 31.2 Å². The van der Waals surface area contributed by atoms with Gasteiger partial charge in [0.2, 0.25) is 0 Å². The summed E-state index contributed by atoms with van der Waals surface area (Å²) in [5.41, 5.74) is 0.476. The second-order valence-corrected chi connectivity index (χ2v) is 6.28. The predicted octanol–water partition coefficient (Wildman–Crippen LogP) is 3.20. The van der Waals surface area contributed by atoms with Crippen molar-refractivity contribution in [3.05, 3.63) is 12.2 Å². The number of allylic oxidation sites excluding steroid dienone is 1. The van der Waals surface area contributed by atoms with Crippen LogP contribution < -0.4 is 5.32 Å². The first-order valence-corrected chi connectivity index (χ1v) is 7.81. The highest BCUT2D eigenvalue weighted by Gasteiger charge is 2.43. The Bertz CT molecular complexity index is 279. The monoisotopic (exact) mass is 250 g/mol. The van der Waals surface area contributed by atoms with Crippen LogP contribution >= 0.6 is 0 Å². The van der Waals surface area contributed by atoms with E-state index in [4.69, 9.17) is 0 Å². The first-order valence-electron chi connectivity index (χ1n) is 7.81. The molecule has 1 saturated heterocycles. The van der Waals surface area contributed by atoms with Gasteiger partial charge in [0.25, 0.3) is 0 Å². The van der Waals surface area contributed by atoms with Crippen LogP contribution in [0.4, 0.5) is 0 Å². The van der Waals surface area contributed by atoms with E-state index in [0.29, 0.717) is 11.6 Å². The van der Waals surface area contributed by atoms with Gasteiger partial charge in [-0.15, -0.1) is 0 Å². The van der Waals surface area contributed by atoms with Crippen LogP contribution in [0.3, 0.4) is 0 Å². The highest BCUT2D eigenvalue weighted by molar-refractivity contribution is 5.04. The molecular weight excluding hydrogens is 220 g/mol. The minimum absolute atomic E-state index is 0.476. The van der Waals surface area contributed by atoms with Crippen molar-refractivity contribution in [2.75, 3.05) is 19.6 Å². The Balaban J connectivity index is 2.05. The number of nitrogens with one attached hydrogen (secondary N) is 1. The molecule has 2 rings (SSSR count). The van der Waals surface area contributed by atoms with Crippen LogP contribution in [0.1, 0.15) is 52.9 Å². The quantitative estimate of drug-likeness (QED) is 0.771. The Morgan fingerprint density at radius 1 is 1.39 bits per heavy atom. The third-order valence-electron chi connectivity index (χ3n) is 5.21. The van der Waals surface area contributed by atoms with Crippen LogP contribution in [0, 0.1) is 5.92 Å². The van der Waals surface area contributed by atoms with E-state index in [0.717, 1.165) is 12.5 Å². The zero-order valence-electron chi connectivity index (χ0n) is 12.4. The Kier molecular flexibility index (Phi) is 4.85. The second-order valence-electron chi connectivity index (χ2n) is 6.28. The van der Waals surface area contributed by atoms with Crippen molar-refractivity contribution in [2.24, 2.45) is 5.92 Å². The van der Waals surface area contributed by atoms with Crippen LogP contribution in [0.25, 0.3) is 0 Å². The van der Waals surface area contributed by atoms with Gasteiger partial charge in [-0.1, -0.05) is 45.3 Å². The molecule has 18 heavy (non-hydrogen) atoms. The summed E-state index contributed by atoms with van der Waals surface area (Å²) in [6.45, 7) is 10.4. The summed E-state index contributed by atoms with van der Waals surface area (Å²) in [5.74, 6) is 0.789. The molecule has 0 radical (unpaired) electrons. The smallest absolute Gasteiger partial charge is 0.0338 e. The molecule has 1 heterocycles. The Hall–Kier alpha value is -0.340. The van der Waals surface area contributed by atoms with Crippen LogP contribution in [-0.4, -0.2) is 36.1 Å². The number of piperazine rings is 1. The molecule has 2 aliphatic rings. The van der Waals surface area contributed by atoms with Crippen LogP contribution in [0.2, 0.25) is 0 Å². The van der Waals surface area contributed by atoms with Gasteiger partial charge in [-0.05, 0) is 25.7 Å². The summed E-state index contributed by atoms with van der Waals surface area (Å²) < 4.78 is 0. The normalized spacial score (nSPS) is 30.3. The first-order chi connectivity index (χ1) is 8.72. The van der Waals surface area contributed by atoms with Crippen LogP contribution in [0.15, 0.2) is 12.2 Å². The molecule has 1 saturated carbocycles. The molecule has 2 atom stereocenters. The van der Waals surface area contributed by atoms with Gasteiger partial charge in [0.1, 0.15) is 0 Å². The van der Waals surface area contributed by atoms with E-state index in [1.54, 1.807) is 0 Å². The SMILES string of the molecule is C/C=C/CN1CC(C(C)CC)NCC12CCCC2. The van der Waals surface area contributed by atoms with Crippen molar-refractivity contribution in [1.29, 1.82) is 0 Å². The van der Waals surface area contributed by atoms with Crippen molar-refractivity contribution >= 4 is 0 Å². The molecule has 0 aromatic rings. The van der Waals surface area contributed by atoms with Gasteiger partial charge in [-0.3, -0.25) is 4.90 Å². The molecule has 1 aliphatic heterocycles. The van der Waals surface area contributed by atoms with E-state index in [1.165, 1.54) is 45.2 Å². The Morgan fingerprint density at radius 2 is 2.11 bits per heavy atom. The molecule has 1 spiro atoms. The maximum Gasteiger partial charge on any atom is 0.0338 e. The molecule has 2 fully saturated rings. The first kappa shape index (κ1) is 14.1. The van der Waals surface area contributed by atoms with Gasteiger partial charge in [0.15, 0.2) is 0 Å². The summed E-state index contributed by atoms with van der Waals surface area (Å²) in [6, 6.07) is 0.687. The van der Waals surface area contributed by atoms with Crippen molar-refractivity contribution in [3.8, 4) is 0 Å². The number of hydrogen-bond donors (Lipinski definition) is 1. The minimum atomic E-state index is 0.476. The van der Waals surface area contributed by atoms with Crippen molar-refractivity contribution in [2.45, 2.75) is 64.5 Å².